The van der Waals surface area contributed by atoms with Crippen LogP contribution < -0.4 is 5.73 Å². The molecule has 10 heteroatoms. The molecule has 1 saturated heterocycles. The first-order valence-electron chi connectivity index (χ1n) is 7.21. The Morgan fingerprint density at radius 2 is 1.61 bits per heavy atom. The van der Waals surface area contributed by atoms with Gasteiger partial charge in [-0.25, -0.2) is 0 Å². The van der Waals surface area contributed by atoms with Gasteiger partial charge in [-0.15, -0.1) is 0 Å². The van der Waals surface area contributed by atoms with E-state index in [9.17, 15) is 30.6 Å². The number of aliphatic hydroxyl groups excluding tert-OH is 7. The maximum Gasteiger partial charge on any atom is 0.187 e. The van der Waals surface area contributed by atoms with Crippen molar-refractivity contribution in [3.8, 4) is 0 Å². The molecule has 9 N–H and O–H groups in total. The van der Waals surface area contributed by atoms with Crippen LogP contribution in [0.15, 0.2) is 11.6 Å². The second kappa shape index (κ2) is 7.49. The Kier molecular flexibility index (Phi) is 6.08. The lowest BCUT2D eigenvalue weighted by Crippen LogP contribution is -2.61. The standard InChI is InChI=1S/C13H23NO9/c14-5-1-4(2-15)12(10(20)7(5)17)23-13-11(21)9(19)8(18)6(3-16)22-13/h1,5-13,15-21H,2-3,14H2. The Morgan fingerprint density at radius 3 is 2.17 bits per heavy atom. The number of rotatable bonds is 4. The molecule has 0 radical (unpaired) electrons. The molecule has 2 aliphatic rings. The van der Waals surface area contributed by atoms with Gasteiger partial charge in [-0.2, -0.15) is 0 Å². The highest BCUT2D eigenvalue weighted by atomic mass is 16.7. The van der Waals surface area contributed by atoms with E-state index in [-0.39, 0.29) is 5.57 Å². The fourth-order valence-corrected chi connectivity index (χ4v) is 2.70. The lowest BCUT2D eigenvalue weighted by atomic mass is 9.88. The van der Waals surface area contributed by atoms with Gasteiger partial charge in [0, 0.05) is 0 Å². The zero-order valence-corrected chi connectivity index (χ0v) is 12.2. The first-order chi connectivity index (χ1) is 10.8. The Morgan fingerprint density at radius 1 is 0.957 bits per heavy atom. The van der Waals surface area contributed by atoms with Gasteiger partial charge >= 0.3 is 0 Å². The number of aliphatic hydroxyl groups is 7. The third kappa shape index (κ3) is 3.56. The normalized spacial score (nSPS) is 48.2. The number of ether oxygens (including phenoxy) is 2. The first kappa shape index (κ1) is 18.7. The molecule has 10 nitrogen and oxygen atoms in total. The summed E-state index contributed by atoms with van der Waals surface area (Å²) in [4.78, 5) is 0. The van der Waals surface area contributed by atoms with E-state index in [2.05, 4.69) is 0 Å². The van der Waals surface area contributed by atoms with E-state index in [4.69, 9.17) is 20.3 Å². The van der Waals surface area contributed by atoms with Crippen LogP contribution in [0.25, 0.3) is 0 Å². The van der Waals surface area contributed by atoms with Gasteiger partial charge in [-0.05, 0) is 5.57 Å². The third-order valence-corrected chi connectivity index (χ3v) is 4.14. The molecule has 1 heterocycles. The number of hydrogen-bond donors (Lipinski definition) is 8. The van der Waals surface area contributed by atoms with Gasteiger partial charge in [0.15, 0.2) is 6.29 Å². The molecular formula is C13H23NO9. The smallest absolute Gasteiger partial charge is 0.187 e. The predicted molar refractivity (Wildman–Crippen MR) is 73.8 cm³/mol. The van der Waals surface area contributed by atoms with Crippen molar-refractivity contribution in [2.45, 2.75) is 55.1 Å². The van der Waals surface area contributed by atoms with Crippen LogP contribution in [0, 0.1) is 0 Å². The Balaban J connectivity index is 2.17. The fourth-order valence-electron chi connectivity index (χ4n) is 2.70. The van der Waals surface area contributed by atoms with Crippen LogP contribution in [0.3, 0.4) is 0 Å². The molecule has 23 heavy (non-hydrogen) atoms. The molecule has 1 aliphatic heterocycles. The van der Waals surface area contributed by atoms with Crippen LogP contribution >= 0.6 is 0 Å². The SMILES string of the molecule is NC1C=C(CO)C(OC2OC(CO)C(O)C(O)C2O)C(O)C1O. The molecule has 9 atom stereocenters. The van der Waals surface area contributed by atoms with Gasteiger partial charge in [0.05, 0.1) is 19.3 Å². The Labute approximate surface area is 132 Å². The largest absolute Gasteiger partial charge is 0.394 e. The molecule has 1 fully saturated rings. The Hall–Kier alpha value is -0.660. The molecule has 0 bridgehead atoms. The van der Waals surface area contributed by atoms with Crippen molar-refractivity contribution >= 4 is 0 Å². The maximum atomic E-state index is 10.1. The van der Waals surface area contributed by atoms with E-state index >= 15 is 0 Å². The van der Waals surface area contributed by atoms with Crippen LogP contribution in [-0.2, 0) is 9.47 Å². The summed E-state index contributed by atoms with van der Waals surface area (Å²) in [5, 5.41) is 67.7. The molecular weight excluding hydrogens is 314 g/mol. The lowest BCUT2D eigenvalue weighted by molar-refractivity contribution is -0.316. The van der Waals surface area contributed by atoms with Crippen molar-refractivity contribution in [3.63, 3.8) is 0 Å². The number of nitrogens with two attached hydrogens (primary N) is 1. The maximum absolute atomic E-state index is 10.1. The van der Waals surface area contributed by atoms with Gasteiger partial charge in [-0.1, -0.05) is 6.08 Å². The minimum absolute atomic E-state index is 0.173. The molecule has 0 saturated carbocycles. The van der Waals surface area contributed by atoms with Crippen LogP contribution in [-0.4, -0.2) is 104 Å². The van der Waals surface area contributed by atoms with E-state index in [0.29, 0.717) is 0 Å². The minimum Gasteiger partial charge on any atom is -0.394 e. The van der Waals surface area contributed by atoms with E-state index < -0.39 is 68.3 Å². The summed E-state index contributed by atoms with van der Waals surface area (Å²) < 4.78 is 10.6. The molecule has 0 amide bonds. The van der Waals surface area contributed by atoms with Crippen molar-refractivity contribution in [2.24, 2.45) is 5.73 Å². The van der Waals surface area contributed by atoms with E-state index in [1.165, 1.54) is 6.08 Å². The summed E-state index contributed by atoms with van der Waals surface area (Å²) in [6.45, 7) is -1.15. The van der Waals surface area contributed by atoms with Gasteiger partial charge in [-0.3, -0.25) is 0 Å². The predicted octanol–water partition coefficient (Wildman–Crippen LogP) is -4.85. The molecule has 0 spiro atoms. The van der Waals surface area contributed by atoms with Gasteiger partial charge in [0.1, 0.15) is 42.7 Å². The summed E-state index contributed by atoms with van der Waals surface area (Å²) in [5.74, 6) is 0. The molecule has 134 valence electrons. The van der Waals surface area contributed by atoms with Crippen LogP contribution in [0.4, 0.5) is 0 Å². The molecule has 0 aromatic heterocycles. The summed E-state index contributed by atoms with van der Waals surface area (Å²) in [5.41, 5.74) is 5.77. The van der Waals surface area contributed by atoms with Crippen molar-refractivity contribution < 1.29 is 45.2 Å². The van der Waals surface area contributed by atoms with Gasteiger partial charge < -0.3 is 51.0 Å². The molecule has 0 aromatic carbocycles. The highest BCUT2D eigenvalue weighted by Gasteiger charge is 2.47. The zero-order chi connectivity index (χ0) is 17.3. The van der Waals surface area contributed by atoms with E-state index in [1.54, 1.807) is 0 Å². The average Bonchev–Trinajstić information content (AvgIpc) is 2.55. The van der Waals surface area contributed by atoms with Gasteiger partial charge in [0.25, 0.3) is 0 Å². The summed E-state index contributed by atoms with van der Waals surface area (Å²) in [6.07, 6.45) is -10.3. The minimum atomic E-state index is -1.66. The second-order valence-electron chi connectivity index (χ2n) is 5.71. The van der Waals surface area contributed by atoms with Crippen LogP contribution in [0.2, 0.25) is 0 Å². The van der Waals surface area contributed by atoms with Gasteiger partial charge in [0.2, 0.25) is 0 Å². The lowest BCUT2D eigenvalue weighted by Gasteiger charge is -2.43. The Bertz CT molecular complexity index is 432. The summed E-state index contributed by atoms with van der Waals surface area (Å²) >= 11 is 0. The highest BCUT2D eigenvalue weighted by Crippen LogP contribution is 2.28. The monoisotopic (exact) mass is 337 g/mol. The fraction of sp³-hybridized carbons (Fsp3) is 0.846. The second-order valence-corrected chi connectivity index (χ2v) is 5.71. The molecule has 2 rings (SSSR count). The van der Waals surface area contributed by atoms with Crippen LogP contribution in [0.5, 0.6) is 0 Å². The summed E-state index contributed by atoms with van der Waals surface area (Å²) in [6, 6.07) is -0.901. The van der Waals surface area contributed by atoms with Crippen LogP contribution in [0.1, 0.15) is 0 Å². The molecule has 0 aromatic rings. The first-order valence-corrected chi connectivity index (χ1v) is 7.21. The van der Waals surface area contributed by atoms with Crippen molar-refractivity contribution in [1.82, 2.24) is 0 Å². The number of hydrogen-bond acceptors (Lipinski definition) is 10. The van der Waals surface area contributed by atoms with Crippen molar-refractivity contribution in [1.29, 1.82) is 0 Å². The third-order valence-electron chi connectivity index (χ3n) is 4.14. The zero-order valence-electron chi connectivity index (χ0n) is 12.2. The van der Waals surface area contributed by atoms with E-state index in [0.717, 1.165) is 0 Å². The van der Waals surface area contributed by atoms with Crippen molar-refractivity contribution in [3.05, 3.63) is 11.6 Å². The van der Waals surface area contributed by atoms with E-state index in [1.807, 2.05) is 0 Å². The summed E-state index contributed by atoms with van der Waals surface area (Å²) in [7, 11) is 0. The average molecular weight is 337 g/mol. The molecule has 9 unspecified atom stereocenters. The molecule has 1 aliphatic carbocycles. The quantitative estimate of drug-likeness (QED) is 0.231. The van der Waals surface area contributed by atoms with Crippen molar-refractivity contribution in [2.75, 3.05) is 13.2 Å². The topological polar surface area (TPSA) is 186 Å². The highest BCUT2D eigenvalue weighted by molar-refractivity contribution is 5.21.